The second kappa shape index (κ2) is 8.13. The second-order valence-corrected chi connectivity index (χ2v) is 9.15. The number of hydrogen-bond acceptors (Lipinski definition) is 4. The highest BCUT2D eigenvalue weighted by atomic mass is 32.2. The monoisotopic (exact) mass is 386 g/mol. The summed E-state index contributed by atoms with van der Waals surface area (Å²) in [7, 11) is -1.59. The zero-order valence-corrected chi connectivity index (χ0v) is 16.7. The molecule has 1 fully saturated rings. The number of nitrogens with zero attached hydrogens (tertiary/aromatic N) is 2. The van der Waals surface area contributed by atoms with Gasteiger partial charge in [-0.25, -0.2) is 8.42 Å². The Morgan fingerprint density at radius 2 is 1.74 bits per heavy atom. The molecule has 0 radical (unpaired) electrons. The van der Waals surface area contributed by atoms with Crippen LogP contribution in [-0.4, -0.2) is 45.6 Å². The van der Waals surface area contributed by atoms with Crippen LogP contribution in [0.4, 0.5) is 5.69 Å². The number of sulfone groups is 1. The molecule has 6 heteroatoms. The molecular weight excluding hydrogens is 360 g/mol. The van der Waals surface area contributed by atoms with Crippen molar-refractivity contribution in [2.24, 2.45) is 0 Å². The number of hydrogen-bond donors (Lipinski definition) is 0. The molecule has 0 bridgehead atoms. The van der Waals surface area contributed by atoms with Crippen LogP contribution in [0, 0.1) is 0 Å². The van der Waals surface area contributed by atoms with Crippen LogP contribution < -0.4 is 4.90 Å². The topological polar surface area (TPSA) is 57.7 Å². The molecule has 1 saturated heterocycles. The lowest BCUT2D eigenvalue weighted by Crippen LogP contribution is -2.32. The van der Waals surface area contributed by atoms with Crippen molar-refractivity contribution in [1.29, 1.82) is 0 Å². The average molecular weight is 387 g/mol. The van der Waals surface area contributed by atoms with Gasteiger partial charge in [-0.1, -0.05) is 24.3 Å². The number of rotatable bonds is 5. The summed E-state index contributed by atoms with van der Waals surface area (Å²) in [6.07, 6.45) is 4.81. The van der Waals surface area contributed by atoms with Crippen LogP contribution >= 0.6 is 0 Å². The minimum atomic E-state index is -3.34. The number of piperidine rings is 1. The van der Waals surface area contributed by atoms with Gasteiger partial charge in [-0.15, -0.1) is 0 Å². The van der Waals surface area contributed by atoms with Gasteiger partial charge >= 0.3 is 0 Å². The molecule has 1 amide bonds. The first-order valence-corrected chi connectivity index (χ1v) is 11.1. The molecule has 0 spiro atoms. The Hall–Kier alpha value is -2.34. The van der Waals surface area contributed by atoms with Crippen LogP contribution in [0.25, 0.3) is 0 Å². The van der Waals surface area contributed by atoms with Crippen molar-refractivity contribution >= 4 is 21.4 Å². The predicted octanol–water partition coefficient (Wildman–Crippen LogP) is 3.35. The summed E-state index contributed by atoms with van der Waals surface area (Å²) in [5.41, 5.74) is 2.67. The zero-order chi connectivity index (χ0) is 19.4. The molecule has 0 aliphatic carbocycles. The molecule has 0 saturated carbocycles. The number of carbonyl (C=O) groups excluding carboxylic acids is 1. The molecule has 3 rings (SSSR count). The van der Waals surface area contributed by atoms with Gasteiger partial charge in [-0.2, -0.15) is 0 Å². The first-order valence-electron chi connectivity index (χ1n) is 9.25. The standard InChI is InChI=1S/C21H26N2O3S/c1-22(21(24)17-10-8-11-19(15-17)27(2,25)26)16-18-9-4-5-12-20(18)23-13-6-3-7-14-23/h4-5,8-12,15H,3,6-7,13-14,16H2,1-2H3. The van der Waals surface area contributed by atoms with Crippen molar-refractivity contribution in [3.63, 3.8) is 0 Å². The van der Waals surface area contributed by atoms with Crippen molar-refractivity contribution in [3.8, 4) is 0 Å². The lowest BCUT2D eigenvalue weighted by atomic mass is 10.1. The van der Waals surface area contributed by atoms with E-state index >= 15 is 0 Å². The quantitative estimate of drug-likeness (QED) is 0.791. The van der Waals surface area contributed by atoms with E-state index in [1.54, 1.807) is 24.1 Å². The van der Waals surface area contributed by atoms with Gasteiger partial charge in [-0.3, -0.25) is 4.79 Å². The van der Waals surface area contributed by atoms with Gasteiger partial charge in [0.1, 0.15) is 0 Å². The molecule has 0 N–H and O–H groups in total. The molecule has 0 atom stereocenters. The van der Waals surface area contributed by atoms with Crippen LogP contribution in [0.15, 0.2) is 53.4 Å². The molecule has 2 aromatic rings. The fourth-order valence-electron chi connectivity index (χ4n) is 3.50. The third-order valence-electron chi connectivity index (χ3n) is 4.95. The van der Waals surface area contributed by atoms with Gasteiger partial charge in [0, 0.05) is 44.2 Å². The maximum absolute atomic E-state index is 12.8. The molecule has 1 aliphatic heterocycles. The highest BCUT2D eigenvalue weighted by molar-refractivity contribution is 7.90. The Kier molecular flexibility index (Phi) is 5.85. The highest BCUT2D eigenvalue weighted by Crippen LogP contribution is 2.25. The van der Waals surface area contributed by atoms with E-state index in [9.17, 15) is 13.2 Å². The van der Waals surface area contributed by atoms with Crippen LogP contribution in [0.3, 0.4) is 0 Å². The smallest absolute Gasteiger partial charge is 0.253 e. The van der Waals surface area contributed by atoms with E-state index in [1.807, 2.05) is 12.1 Å². The maximum atomic E-state index is 12.8. The maximum Gasteiger partial charge on any atom is 0.253 e. The summed E-state index contributed by atoms with van der Waals surface area (Å²) in [5, 5.41) is 0. The van der Waals surface area contributed by atoms with Crippen molar-refractivity contribution < 1.29 is 13.2 Å². The number of benzene rings is 2. The molecular formula is C21H26N2O3S. The summed E-state index contributed by atoms with van der Waals surface area (Å²) in [4.78, 5) is 17.0. The van der Waals surface area contributed by atoms with E-state index in [0.717, 1.165) is 24.9 Å². The predicted molar refractivity (Wildman–Crippen MR) is 108 cm³/mol. The number of para-hydroxylation sites is 1. The molecule has 0 unspecified atom stereocenters. The number of carbonyl (C=O) groups is 1. The fourth-order valence-corrected chi connectivity index (χ4v) is 4.16. The Morgan fingerprint density at radius 1 is 1.04 bits per heavy atom. The molecule has 27 heavy (non-hydrogen) atoms. The third-order valence-corrected chi connectivity index (χ3v) is 6.06. The van der Waals surface area contributed by atoms with Gasteiger partial charge in [0.2, 0.25) is 0 Å². The van der Waals surface area contributed by atoms with E-state index in [2.05, 4.69) is 17.0 Å². The zero-order valence-electron chi connectivity index (χ0n) is 15.9. The third kappa shape index (κ3) is 4.69. The van der Waals surface area contributed by atoms with E-state index in [-0.39, 0.29) is 10.8 Å². The molecule has 1 aliphatic rings. The summed E-state index contributed by atoms with van der Waals surface area (Å²) >= 11 is 0. The Balaban J connectivity index is 1.80. The summed E-state index contributed by atoms with van der Waals surface area (Å²) in [5.74, 6) is -0.186. The lowest BCUT2D eigenvalue weighted by Gasteiger charge is -2.31. The van der Waals surface area contributed by atoms with E-state index in [1.165, 1.54) is 37.1 Å². The molecule has 2 aromatic carbocycles. The Morgan fingerprint density at radius 3 is 2.44 bits per heavy atom. The normalized spacial score (nSPS) is 14.8. The van der Waals surface area contributed by atoms with Crippen LogP contribution in [0.2, 0.25) is 0 Å². The summed E-state index contributed by atoms with van der Waals surface area (Å²) in [6.45, 7) is 2.57. The van der Waals surface area contributed by atoms with Gasteiger partial charge in [0.15, 0.2) is 9.84 Å². The SMILES string of the molecule is CN(Cc1ccccc1N1CCCCC1)C(=O)c1cccc(S(C)(=O)=O)c1. The molecule has 5 nitrogen and oxygen atoms in total. The van der Waals surface area contributed by atoms with Gasteiger partial charge < -0.3 is 9.80 Å². The largest absolute Gasteiger partial charge is 0.371 e. The van der Waals surface area contributed by atoms with Crippen molar-refractivity contribution in [2.45, 2.75) is 30.7 Å². The minimum Gasteiger partial charge on any atom is -0.371 e. The molecule has 144 valence electrons. The average Bonchev–Trinajstić information content (AvgIpc) is 2.68. The van der Waals surface area contributed by atoms with Crippen molar-refractivity contribution in [1.82, 2.24) is 4.90 Å². The summed E-state index contributed by atoms with van der Waals surface area (Å²) < 4.78 is 23.5. The van der Waals surface area contributed by atoms with Gasteiger partial charge in [0.05, 0.1) is 4.90 Å². The van der Waals surface area contributed by atoms with Crippen molar-refractivity contribution in [3.05, 3.63) is 59.7 Å². The minimum absolute atomic E-state index is 0.162. The second-order valence-electron chi connectivity index (χ2n) is 7.14. The first kappa shape index (κ1) is 19.4. The van der Waals surface area contributed by atoms with Crippen LogP contribution in [0.1, 0.15) is 35.2 Å². The first-order chi connectivity index (χ1) is 12.9. The summed E-state index contributed by atoms with van der Waals surface area (Å²) in [6, 6.07) is 14.4. The van der Waals surface area contributed by atoms with Crippen molar-refractivity contribution in [2.75, 3.05) is 31.3 Å². The van der Waals surface area contributed by atoms with Crippen LogP contribution in [-0.2, 0) is 16.4 Å². The fraction of sp³-hybridized carbons (Fsp3) is 0.381. The number of amides is 1. The lowest BCUT2D eigenvalue weighted by molar-refractivity contribution is 0.0785. The molecule has 1 heterocycles. The Labute approximate surface area is 161 Å². The highest BCUT2D eigenvalue weighted by Gasteiger charge is 2.18. The van der Waals surface area contributed by atoms with Gasteiger partial charge in [0.25, 0.3) is 5.91 Å². The van der Waals surface area contributed by atoms with Gasteiger partial charge in [-0.05, 0) is 49.1 Å². The van der Waals surface area contributed by atoms with E-state index < -0.39 is 9.84 Å². The van der Waals surface area contributed by atoms with E-state index in [0.29, 0.717) is 12.1 Å². The molecule has 0 aromatic heterocycles. The Bertz CT molecular complexity index is 919. The van der Waals surface area contributed by atoms with Crippen LogP contribution in [0.5, 0.6) is 0 Å². The van der Waals surface area contributed by atoms with E-state index in [4.69, 9.17) is 0 Å². The number of anilines is 1.